The van der Waals surface area contributed by atoms with Gasteiger partial charge in [-0.05, 0) is 47.0 Å². The molecule has 2 aromatic heterocycles. The molecule has 3 N–H and O–H groups in total. The van der Waals surface area contributed by atoms with Crippen LogP contribution in [0.25, 0.3) is 61.0 Å². The first-order chi connectivity index (χ1) is 28.8. The van der Waals surface area contributed by atoms with E-state index in [0.29, 0.717) is 23.3 Å². The van der Waals surface area contributed by atoms with E-state index in [2.05, 4.69) is 196 Å². The Balaban J connectivity index is 1.23. The molecule has 58 heavy (non-hydrogen) atoms. The number of para-hydroxylation sites is 5. The lowest BCUT2D eigenvalue weighted by Gasteiger charge is -2.21. The maximum absolute atomic E-state index is 5.61. The largest absolute Gasteiger partial charge is 0.337 e. The van der Waals surface area contributed by atoms with Gasteiger partial charge in [0.05, 0.1) is 11.0 Å². The number of hydrogen-bond acceptors (Lipinski definition) is 5. The van der Waals surface area contributed by atoms with Crippen LogP contribution in [0.5, 0.6) is 0 Å². The van der Waals surface area contributed by atoms with E-state index in [9.17, 15) is 0 Å². The normalized spacial score (nSPS) is 11.1. The van der Waals surface area contributed by atoms with Crippen LogP contribution in [-0.4, -0.2) is 14.5 Å². The standard InChI is InChI=1S/C52H38N6/c1-4-20-36(21-5-1)39-26-10-15-31-44(39)53-49-50(54-45-32-16-11-27-40(45)37-22-6-2-7-23-37)57-52(58-47-34-18-13-29-42(47)43-30-14-19-35-48(43)58)51(56-49)55-46-33-17-12-28-41(46)38-24-8-3-9-25-38/h1-35H,(H,54,57)(H2,53,55,56). The SMILES string of the molecule is c1ccc(-c2ccccc2Nc2nc(Nc3ccccc3-c3ccccc3)c(-n3c4ccccc4c4ccccc43)nc2Nc2ccccc2-c2ccccc2)cc1. The average molecular weight is 747 g/mol. The molecule has 6 nitrogen and oxygen atoms in total. The van der Waals surface area contributed by atoms with Crippen molar-refractivity contribution in [2.75, 3.05) is 16.0 Å². The molecule has 0 aliphatic heterocycles. The van der Waals surface area contributed by atoms with Crippen molar-refractivity contribution in [1.29, 1.82) is 0 Å². The van der Waals surface area contributed by atoms with Crippen LogP contribution in [0.2, 0.25) is 0 Å². The quantitative estimate of drug-likeness (QED) is 0.130. The molecule has 0 aliphatic rings. The minimum absolute atomic E-state index is 0.565. The van der Waals surface area contributed by atoms with Gasteiger partial charge in [-0.15, -0.1) is 0 Å². The second kappa shape index (κ2) is 15.3. The Hall–Kier alpha value is -7.96. The van der Waals surface area contributed by atoms with Crippen molar-refractivity contribution in [3.8, 4) is 39.2 Å². The van der Waals surface area contributed by atoms with Gasteiger partial charge in [0.1, 0.15) is 0 Å². The lowest BCUT2D eigenvalue weighted by atomic mass is 10.0. The lowest BCUT2D eigenvalue weighted by molar-refractivity contribution is 1.05. The zero-order valence-electron chi connectivity index (χ0n) is 31.5. The predicted octanol–water partition coefficient (Wildman–Crippen LogP) is 13.8. The van der Waals surface area contributed by atoms with Gasteiger partial charge in [-0.3, -0.25) is 4.57 Å². The van der Waals surface area contributed by atoms with Gasteiger partial charge in [-0.1, -0.05) is 182 Å². The van der Waals surface area contributed by atoms with E-state index in [1.807, 2.05) is 36.4 Å². The van der Waals surface area contributed by atoms with Gasteiger partial charge < -0.3 is 16.0 Å². The number of benzene rings is 8. The van der Waals surface area contributed by atoms with Crippen LogP contribution >= 0.6 is 0 Å². The minimum atomic E-state index is 0.565. The molecule has 2 heterocycles. The van der Waals surface area contributed by atoms with Gasteiger partial charge in [0.2, 0.25) is 0 Å². The Labute approximate surface area is 337 Å². The topological polar surface area (TPSA) is 66.8 Å². The molecule has 10 rings (SSSR count). The summed E-state index contributed by atoms with van der Waals surface area (Å²) in [5, 5.41) is 13.6. The molecule has 0 spiro atoms. The first kappa shape index (κ1) is 34.5. The second-order valence-electron chi connectivity index (χ2n) is 14.1. The van der Waals surface area contributed by atoms with Crippen LogP contribution in [0.4, 0.5) is 34.5 Å². The third-order valence-corrected chi connectivity index (χ3v) is 10.5. The van der Waals surface area contributed by atoms with Crippen LogP contribution in [0.15, 0.2) is 212 Å². The zero-order valence-corrected chi connectivity index (χ0v) is 31.5. The number of fused-ring (bicyclic) bond motifs is 3. The third kappa shape index (κ3) is 6.59. The number of hydrogen-bond donors (Lipinski definition) is 3. The predicted molar refractivity (Wildman–Crippen MR) is 242 cm³/mol. The molecule has 0 unspecified atom stereocenters. The van der Waals surface area contributed by atoms with E-state index in [4.69, 9.17) is 9.97 Å². The van der Waals surface area contributed by atoms with Crippen LogP contribution < -0.4 is 16.0 Å². The van der Waals surface area contributed by atoms with E-state index >= 15 is 0 Å². The molecule has 0 atom stereocenters. The van der Waals surface area contributed by atoms with Gasteiger partial charge in [0.15, 0.2) is 23.3 Å². The molecular formula is C52H38N6. The fourth-order valence-electron chi connectivity index (χ4n) is 7.76. The molecule has 6 heteroatoms. The summed E-state index contributed by atoms with van der Waals surface area (Å²) in [5.41, 5.74) is 11.2. The van der Waals surface area contributed by atoms with E-state index in [-0.39, 0.29) is 0 Å². The van der Waals surface area contributed by atoms with Crippen molar-refractivity contribution in [2.24, 2.45) is 0 Å². The monoisotopic (exact) mass is 746 g/mol. The second-order valence-corrected chi connectivity index (χ2v) is 14.1. The average Bonchev–Trinajstić information content (AvgIpc) is 3.63. The fraction of sp³-hybridized carbons (Fsp3) is 0. The minimum Gasteiger partial charge on any atom is -0.337 e. The van der Waals surface area contributed by atoms with Crippen LogP contribution in [-0.2, 0) is 0 Å². The summed E-state index contributed by atoms with van der Waals surface area (Å²) in [5.74, 6) is 2.39. The maximum atomic E-state index is 5.61. The molecule has 8 aromatic carbocycles. The van der Waals surface area contributed by atoms with Crippen LogP contribution in [0.3, 0.4) is 0 Å². The molecule has 0 fully saturated rings. The van der Waals surface area contributed by atoms with E-state index in [1.165, 1.54) is 0 Å². The molecule has 0 radical (unpaired) electrons. The van der Waals surface area contributed by atoms with Gasteiger partial charge in [-0.2, -0.15) is 0 Å². The van der Waals surface area contributed by atoms with Gasteiger partial charge >= 0.3 is 0 Å². The van der Waals surface area contributed by atoms with Crippen molar-refractivity contribution < 1.29 is 0 Å². The number of rotatable bonds is 10. The number of nitrogens with zero attached hydrogens (tertiary/aromatic N) is 3. The molecule has 276 valence electrons. The number of nitrogens with one attached hydrogen (secondary N) is 3. The highest BCUT2D eigenvalue weighted by Crippen LogP contribution is 2.41. The highest BCUT2D eigenvalue weighted by atomic mass is 15.2. The summed E-state index contributed by atoms with van der Waals surface area (Å²) in [7, 11) is 0. The Bertz CT molecular complexity index is 2980. The van der Waals surface area contributed by atoms with E-state index in [0.717, 1.165) is 72.2 Å². The van der Waals surface area contributed by atoms with Crippen molar-refractivity contribution in [3.05, 3.63) is 212 Å². The van der Waals surface area contributed by atoms with Crippen molar-refractivity contribution in [2.45, 2.75) is 0 Å². The van der Waals surface area contributed by atoms with Gasteiger partial charge in [-0.25, -0.2) is 9.97 Å². The molecule has 10 aromatic rings. The van der Waals surface area contributed by atoms with Crippen LogP contribution in [0.1, 0.15) is 0 Å². The smallest absolute Gasteiger partial charge is 0.183 e. The molecule has 0 saturated carbocycles. The summed E-state index contributed by atoms with van der Waals surface area (Å²) in [4.78, 5) is 11.1. The van der Waals surface area contributed by atoms with Crippen molar-refractivity contribution in [1.82, 2.24) is 14.5 Å². The Morgan fingerprint density at radius 3 is 1.05 bits per heavy atom. The van der Waals surface area contributed by atoms with Crippen molar-refractivity contribution in [3.63, 3.8) is 0 Å². The summed E-state index contributed by atoms with van der Waals surface area (Å²) in [6, 6.07) is 73.2. The molecule has 0 aliphatic carbocycles. The fourth-order valence-corrected chi connectivity index (χ4v) is 7.76. The van der Waals surface area contributed by atoms with Gasteiger partial charge in [0.25, 0.3) is 0 Å². The van der Waals surface area contributed by atoms with Crippen molar-refractivity contribution >= 4 is 56.3 Å². The maximum Gasteiger partial charge on any atom is 0.183 e. The Morgan fingerprint density at radius 2 is 0.621 bits per heavy atom. The molecule has 0 saturated heterocycles. The Morgan fingerprint density at radius 1 is 0.293 bits per heavy atom. The number of anilines is 6. The molecule has 0 bridgehead atoms. The summed E-state index contributed by atoms with van der Waals surface area (Å²) >= 11 is 0. The van der Waals surface area contributed by atoms with Gasteiger partial charge in [0, 0.05) is 44.5 Å². The third-order valence-electron chi connectivity index (χ3n) is 10.5. The van der Waals surface area contributed by atoms with E-state index < -0.39 is 0 Å². The summed E-state index contributed by atoms with van der Waals surface area (Å²) < 4.78 is 2.22. The zero-order chi connectivity index (χ0) is 38.7. The summed E-state index contributed by atoms with van der Waals surface area (Å²) in [6.07, 6.45) is 0. The lowest BCUT2D eigenvalue weighted by Crippen LogP contribution is -2.12. The highest BCUT2D eigenvalue weighted by molar-refractivity contribution is 6.09. The van der Waals surface area contributed by atoms with E-state index in [1.54, 1.807) is 0 Å². The highest BCUT2D eigenvalue weighted by Gasteiger charge is 2.23. The summed E-state index contributed by atoms with van der Waals surface area (Å²) in [6.45, 7) is 0. The first-order valence-corrected chi connectivity index (χ1v) is 19.4. The molecular weight excluding hydrogens is 709 g/mol. The number of aromatic nitrogens is 3. The Kier molecular flexibility index (Phi) is 9.10. The first-order valence-electron chi connectivity index (χ1n) is 19.4. The molecule has 0 amide bonds. The van der Waals surface area contributed by atoms with Crippen LogP contribution in [0, 0.1) is 0 Å².